The average Bonchev–Trinajstić information content (AvgIpc) is 3.36. The number of carbonyl (C=O) groups excluding carboxylic acids is 2. The third kappa shape index (κ3) is 5.30. The second-order valence-corrected chi connectivity index (χ2v) is 11.6. The molecule has 0 aromatic heterocycles. The van der Waals surface area contributed by atoms with Gasteiger partial charge in [0.25, 0.3) is 5.91 Å². The summed E-state index contributed by atoms with van der Waals surface area (Å²) >= 11 is 0. The van der Waals surface area contributed by atoms with Crippen molar-refractivity contribution >= 4 is 17.8 Å². The van der Waals surface area contributed by atoms with E-state index in [4.69, 9.17) is 24.1 Å². The molecular formula is C31H33F3N2O9. The Hall–Kier alpha value is -4.14. The maximum absolute atomic E-state index is 13.1. The molecule has 2 heterocycles. The van der Waals surface area contributed by atoms with Crippen LogP contribution in [0.15, 0.2) is 54.3 Å². The van der Waals surface area contributed by atoms with Crippen molar-refractivity contribution in [1.82, 2.24) is 10.2 Å². The number of rotatable bonds is 6. The molecule has 2 aromatic carbocycles. The molecule has 1 unspecified atom stereocenters. The quantitative estimate of drug-likeness (QED) is 0.348. The fourth-order valence-corrected chi connectivity index (χ4v) is 6.93. The van der Waals surface area contributed by atoms with Gasteiger partial charge in [-0.1, -0.05) is 36.4 Å². The van der Waals surface area contributed by atoms with Crippen molar-refractivity contribution in [2.24, 2.45) is 0 Å². The highest BCUT2D eigenvalue weighted by molar-refractivity contribution is 5.87. The molecule has 1 spiro atoms. The van der Waals surface area contributed by atoms with Crippen molar-refractivity contribution in [2.45, 2.75) is 67.7 Å². The van der Waals surface area contributed by atoms with E-state index in [2.05, 4.69) is 10.2 Å². The number of likely N-dealkylation sites (N-methyl/N-ethyl adjacent to an activating group) is 1. The van der Waals surface area contributed by atoms with E-state index in [1.54, 1.807) is 43.5 Å². The first-order chi connectivity index (χ1) is 21.2. The molecular weight excluding hydrogens is 601 g/mol. The van der Waals surface area contributed by atoms with Gasteiger partial charge < -0.3 is 39.7 Å². The number of halogens is 3. The van der Waals surface area contributed by atoms with Crippen LogP contribution in [-0.4, -0.2) is 88.7 Å². The zero-order chi connectivity index (χ0) is 32.9. The van der Waals surface area contributed by atoms with Gasteiger partial charge in [0.15, 0.2) is 23.7 Å². The Labute approximate surface area is 256 Å². The molecule has 1 fully saturated rings. The smallest absolute Gasteiger partial charge is 0.490 e. The Morgan fingerprint density at radius 1 is 1.16 bits per heavy atom. The van der Waals surface area contributed by atoms with Crippen LogP contribution >= 0.6 is 0 Å². The van der Waals surface area contributed by atoms with Gasteiger partial charge >= 0.3 is 18.1 Å². The van der Waals surface area contributed by atoms with Crippen LogP contribution in [0, 0.1) is 0 Å². The molecule has 6 atom stereocenters. The number of carboxylic acids is 1. The number of carboxylic acid groups (broad SMARTS) is 1. The Kier molecular flexibility index (Phi) is 8.36. The van der Waals surface area contributed by atoms with E-state index in [-0.39, 0.29) is 6.04 Å². The van der Waals surface area contributed by atoms with Gasteiger partial charge in [-0.15, -0.1) is 0 Å². The van der Waals surface area contributed by atoms with Crippen molar-refractivity contribution < 1.29 is 57.1 Å². The third-order valence-electron chi connectivity index (χ3n) is 9.09. The van der Waals surface area contributed by atoms with Crippen LogP contribution in [0.1, 0.15) is 42.6 Å². The van der Waals surface area contributed by atoms with E-state index in [0.717, 1.165) is 17.7 Å². The van der Waals surface area contributed by atoms with E-state index in [1.165, 1.54) is 6.92 Å². The standard InChI is InChI=1S/C29H32N2O7.C2HF3O2/c1-16(30-26(33)23(32)17-7-5-4-6-8-17)27(34)37-20-11-12-29(35)21-15-18-9-10-19(36-3)24-22(18)28(29,25(20)38-24)13-14-31(21)2;3-2(4,5)1(6)7/h4-11,16,21,23,25,32,35H,12-15H2,1-3H3,(H,30,33);(H,6,7)/t16?,21-,23+,25+,28+,29-;/m1./s1. The van der Waals surface area contributed by atoms with Gasteiger partial charge in [0.1, 0.15) is 11.8 Å². The number of carbonyl (C=O) groups is 3. The summed E-state index contributed by atoms with van der Waals surface area (Å²) in [5.74, 6) is -2.65. The molecule has 14 heteroatoms. The molecule has 4 N–H and O–H groups in total. The van der Waals surface area contributed by atoms with Crippen molar-refractivity contribution in [2.75, 3.05) is 20.7 Å². The molecule has 2 bridgehead atoms. The first-order valence-corrected chi connectivity index (χ1v) is 14.2. The number of methoxy groups -OCH3 is 1. The number of aliphatic carboxylic acids is 1. The van der Waals surface area contributed by atoms with Crippen LogP contribution in [0.4, 0.5) is 13.2 Å². The Morgan fingerprint density at radius 2 is 1.82 bits per heavy atom. The van der Waals surface area contributed by atoms with Gasteiger partial charge in [0, 0.05) is 18.0 Å². The minimum Gasteiger partial charge on any atom is -0.493 e. The summed E-state index contributed by atoms with van der Waals surface area (Å²) in [5, 5.41) is 32.3. The zero-order valence-electron chi connectivity index (χ0n) is 24.6. The second kappa shape index (κ2) is 11.7. The molecule has 242 valence electrons. The molecule has 2 aliphatic heterocycles. The number of piperidine rings is 1. The molecule has 4 aliphatic rings. The summed E-state index contributed by atoms with van der Waals surface area (Å²) in [4.78, 5) is 36.8. The van der Waals surface area contributed by atoms with E-state index in [1.807, 2.05) is 19.2 Å². The lowest BCUT2D eigenvalue weighted by Crippen LogP contribution is -2.74. The summed E-state index contributed by atoms with van der Waals surface area (Å²) < 4.78 is 49.7. The lowest BCUT2D eigenvalue weighted by Gasteiger charge is -2.61. The number of ether oxygens (including phenoxy) is 3. The largest absolute Gasteiger partial charge is 0.493 e. The topological polar surface area (TPSA) is 155 Å². The Morgan fingerprint density at radius 3 is 2.44 bits per heavy atom. The first-order valence-electron chi connectivity index (χ1n) is 14.2. The van der Waals surface area contributed by atoms with Gasteiger partial charge in [-0.05, 0) is 56.6 Å². The summed E-state index contributed by atoms with van der Waals surface area (Å²) in [5.41, 5.74) is 0.581. The van der Waals surface area contributed by atoms with Crippen molar-refractivity contribution in [3.63, 3.8) is 0 Å². The summed E-state index contributed by atoms with van der Waals surface area (Å²) in [6.45, 7) is 2.27. The van der Waals surface area contributed by atoms with Crippen molar-refractivity contribution in [3.8, 4) is 11.5 Å². The number of nitrogens with zero attached hydrogens (tertiary/aromatic N) is 1. The van der Waals surface area contributed by atoms with E-state index in [9.17, 15) is 33.0 Å². The maximum atomic E-state index is 13.1. The van der Waals surface area contributed by atoms with Crippen LogP contribution in [0.25, 0.3) is 0 Å². The van der Waals surface area contributed by atoms with E-state index >= 15 is 0 Å². The second-order valence-electron chi connectivity index (χ2n) is 11.6. The van der Waals surface area contributed by atoms with Gasteiger partial charge in [0.05, 0.1) is 18.1 Å². The number of amides is 1. The number of esters is 1. The molecule has 2 aliphatic carbocycles. The summed E-state index contributed by atoms with van der Waals surface area (Å²) in [6.07, 6.45) is -3.86. The SMILES string of the molecule is COc1ccc2c3c1O[C@H]1C(OC(=O)C(C)NC(=O)[C@@H](O)c4ccccc4)=CC[C@@]4(O)[C@@H](C2)N(C)CC[C@]314.O=C(O)C(F)(F)F. The summed E-state index contributed by atoms with van der Waals surface area (Å²) in [7, 11) is 3.61. The van der Waals surface area contributed by atoms with Crippen molar-refractivity contribution in [3.05, 3.63) is 71.0 Å². The number of benzene rings is 2. The van der Waals surface area contributed by atoms with Crippen LogP contribution in [0.2, 0.25) is 0 Å². The minimum absolute atomic E-state index is 0.111. The van der Waals surface area contributed by atoms with Crippen LogP contribution in [-0.2, 0) is 31.0 Å². The van der Waals surface area contributed by atoms with Gasteiger partial charge in [0.2, 0.25) is 0 Å². The van der Waals surface area contributed by atoms with Gasteiger partial charge in [-0.25, -0.2) is 9.59 Å². The highest BCUT2D eigenvalue weighted by Gasteiger charge is 2.72. The first kappa shape index (κ1) is 32.3. The number of alkyl halides is 3. The number of aliphatic hydroxyl groups is 2. The molecule has 2 aromatic rings. The predicted molar refractivity (Wildman–Crippen MR) is 150 cm³/mol. The van der Waals surface area contributed by atoms with E-state index < -0.39 is 53.3 Å². The van der Waals surface area contributed by atoms with Crippen LogP contribution < -0.4 is 14.8 Å². The zero-order valence-corrected chi connectivity index (χ0v) is 24.6. The van der Waals surface area contributed by atoms with Crippen LogP contribution in [0.3, 0.4) is 0 Å². The van der Waals surface area contributed by atoms with Crippen molar-refractivity contribution in [1.29, 1.82) is 0 Å². The predicted octanol–water partition coefficient (Wildman–Crippen LogP) is 2.39. The fourth-order valence-electron chi connectivity index (χ4n) is 6.93. The van der Waals surface area contributed by atoms with Gasteiger partial charge in [-0.3, -0.25) is 4.79 Å². The Bertz CT molecular complexity index is 1530. The molecule has 1 saturated heterocycles. The molecule has 0 saturated carbocycles. The minimum atomic E-state index is -5.08. The number of hydrogen-bond acceptors (Lipinski definition) is 9. The van der Waals surface area contributed by atoms with Crippen LogP contribution in [0.5, 0.6) is 11.5 Å². The maximum Gasteiger partial charge on any atom is 0.490 e. The molecule has 11 nitrogen and oxygen atoms in total. The normalized spacial score (nSPS) is 27.3. The molecule has 1 amide bonds. The third-order valence-corrected chi connectivity index (χ3v) is 9.09. The molecule has 45 heavy (non-hydrogen) atoms. The number of aliphatic hydroxyl groups excluding tert-OH is 1. The monoisotopic (exact) mass is 634 g/mol. The highest BCUT2D eigenvalue weighted by atomic mass is 19.4. The Balaban J connectivity index is 0.000000515. The number of likely N-dealkylation sites (tertiary alicyclic amines) is 1. The molecule has 6 rings (SSSR count). The van der Waals surface area contributed by atoms with E-state index in [0.29, 0.717) is 42.1 Å². The average molecular weight is 635 g/mol. The lowest BCUT2D eigenvalue weighted by atomic mass is 9.50. The van der Waals surface area contributed by atoms with Gasteiger partial charge in [-0.2, -0.15) is 13.2 Å². The number of nitrogens with one attached hydrogen (secondary N) is 1. The molecule has 0 radical (unpaired) electrons. The lowest BCUT2D eigenvalue weighted by molar-refractivity contribution is -0.192. The highest BCUT2D eigenvalue weighted by Crippen LogP contribution is 2.65. The number of hydrogen-bond donors (Lipinski definition) is 4. The fraction of sp³-hybridized carbons (Fsp3) is 0.452. The summed E-state index contributed by atoms with van der Waals surface area (Å²) in [6, 6.07) is 11.3.